The van der Waals surface area contributed by atoms with E-state index >= 15 is 0 Å². The van der Waals surface area contributed by atoms with Crippen molar-refractivity contribution in [1.29, 1.82) is 0 Å². The lowest BCUT2D eigenvalue weighted by Crippen LogP contribution is -2.30. The smallest absolute Gasteiger partial charge is 0.462 e. The standard InChI is InChI=1S/C75H146O17P2/c1-7-10-12-14-15-16-17-18-19-20-21-22-25-29-32-35-41-47-53-59-74(79)92-71(64-86-73(78)58-52-46-40-34-31-28-26-23-24-27-30-33-38-44-49-55-67(4)5)66-90-94(83,84)88-62-69(76)61-87-93(81,82)89-65-70(63-85-72(77)57-51-43-13-11-8-2)91-75(80)60-54-48-42-37-36-39-45-50-56-68(6)9-3/h67-71,76H,7-66H2,1-6H3,(H,81,82)(H,83,84)/t68?,69-,70+,71+/m0/s1. The molecule has 0 aromatic heterocycles. The first kappa shape index (κ1) is 92.1. The van der Waals surface area contributed by atoms with E-state index in [2.05, 4.69) is 41.5 Å². The van der Waals surface area contributed by atoms with Gasteiger partial charge in [-0.15, -0.1) is 0 Å². The number of aliphatic hydroxyl groups is 1. The molecule has 0 heterocycles. The predicted molar refractivity (Wildman–Crippen MR) is 381 cm³/mol. The van der Waals surface area contributed by atoms with Gasteiger partial charge in [0.15, 0.2) is 12.2 Å². The zero-order valence-corrected chi connectivity index (χ0v) is 63.1. The molecule has 0 amide bonds. The molecule has 19 heteroatoms. The van der Waals surface area contributed by atoms with Gasteiger partial charge in [0.25, 0.3) is 0 Å². The maximum Gasteiger partial charge on any atom is 0.472 e. The zero-order valence-electron chi connectivity index (χ0n) is 61.3. The molecule has 17 nitrogen and oxygen atoms in total. The molecule has 0 aliphatic heterocycles. The lowest BCUT2D eigenvalue weighted by molar-refractivity contribution is -0.161. The van der Waals surface area contributed by atoms with Crippen molar-refractivity contribution >= 4 is 39.5 Å². The highest BCUT2D eigenvalue weighted by atomic mass is 31.2. The van der Waals surface area contributed by atoms with Crippen molar-refractivity contribution in [3.63, 3.8) is 0 Å². The quantitative estimate of drug-likeness (QED) is 0.0222. The van der Waals surface area contributed by atoms with E-state index in [1.807, 2.05) is 0 Å². The largest absolute Gasteiger partial charge is 0.472 e. The van der Waals surface area contributed by atoms with Gasteiger partial charge >= 0.3 is 39.5 Å². The minimum Gasteiger partial charge on any atom is -0.462 e. The summed E-state index contributed by atoms with van der Waals surface area (Å²) in [5, 5.41) is 10.6. The number of ether oxygens (including phenoxy) is 4. The van der Waals surface area contributed by atoms with Crippen LogP contribution in [-0.4, -0.2) is 96.7 Å². The first-order chi connectivity index (χ1) is 45.4. The molecular formula is C75H146O17P2. The summed E-state index contributed by atoms with van der Waals surface area (Å²) in [4.78, 5) is 72.5. The van der Waals surface area contributed by atoms with E-state index in [0.29, 0.717) is 25.7 Å². The normalized spacial score (nSPS) is 14.3. The van der Waals surface area contributed by atoms with Gasteiger partial charge in [-0.1, -0.05) is 337 Å². The molecule has 0 saturated heterocycles. The molecule has 6 atom stereocenters. The number of aliphatic hydroxyl groups excluding tert-OH is 1. The van der Waals surface area contributed by atoms with Crippen molar-refractivity contribution < 1.29 is 80.2 Å². The Morgan fingerprint density at radius 1 is 0.309 bits per heavy atom. The molecule has 0 fully saturated rings. The second kappa shape index (κ2) is 66.9. The lowest BCUT2D eigenvalue weighted by Gasteiger charge is -2.21. The number of carbonyl (C=O) groups excluding carboxylic acids is 4. The molecule has 3 N–H and O–H groups in total. The average molecular weight is 1380 g/mol. The van der Waals surface area contributed by atoms with Gasteiger partial charge in [0.2, 0.25) is 0 Å². The van der Waals surface area contributed by atoms with Crippen LogP contribution < -0.4 is 0 Å². The third kappa shape index (κ3) is 67.3. The van der Waals surface area contributed by atoms with Crippen LogP contribution in [0.3, 0.4) is 0 Å². The van der Waals surface area contributed by atoms with Crippen LogP contribution in [0.15, 0.2) is 0 Å². The van der Waals surface area contributed by atoms with Crippen LogP contribution in [0.25, 0.3) is 0 Å². The monoisotopic (exact) mass is 1380 g/mol. The van der Waals surface area contributed by atoms with Crippen LogP contribution in [0.4, 0.5) is 0 Å². The minimum atomic E-state index is -4.95. The first-order valence-electron chi connectivity index (χ1n) is 39.0. The Kier molecular flexibility index (Phi) is 65.5. The predicted octanol–water partition coefficient (Wildman–Crippen LogP) is 21.9. The van der Waals surface area contributed by atoms with Crippen LogP contribution in [-0.2, 0) is 65.4 Å². The molecule has 0 aliphatic rings. The average Bonchev–Trinajstić information content (AvgIpc) is 1.67. The number of unbranched alkanes of at least 4 members (excludes halogenated alkanes) is 43. The van der Waals surface area contributed by atoms with Crippen LogP contribution in [0.2, 0.25) is 0 Å². The highest BCUT2D eigenvalue weighted by molar-refractivity contribution is 7.47. The fraction of sp³-hybridized carbons (Fsp3) is 0.947. The summed E-state index contributed by atoms with van der Waals surface area (Å²) in [6.07, 6.45) is 54.6. The van der Waals surface area contributed by atoms with Crippen molar-refractivity contribution in [2.75, 3.05) is 39.6 Å². The summed E-state index contributed by atoms with van der Waals surface area (Å²) >= 11 is 0. The number of rotatable bonds is 74. The Bertz CT molecular complexity index is 1820. The summed E-state index contributed by atoms with van der Waals surface area (Å²) in [5.41, 5.74) is 0. The lowest BCUT2D eigenvalue weighted by atomic mass is 9.99. The molecule has 0 aromatic carbocycles. The fourth-order valence-corrected chi connectivity index (χ4v) is 13.0. The maximum absolute atomic E-state index is 13.1. The third-order valence-corrected chi connectivity index (χ3v) is 19.7. The zero-order chi connectivity index (χ0) is 69.3. The maximum atomic E-state index is 13.1. The molecular weight excluding hydrogens is 1230 g/mol. The third-order valence-electron chi connectivity index (χ3n) is 17.8. The van der Waals surface area contributed by atoms with Crippen LogP contribution in [0, 0.1) is 11.8 Å². The Labute approximate surface area is 575 Å². The first-order valence-corrected chi connectivity index (χ1v) is 42.0. The SMILES string of the molecule is CCCCCCCCCCCCCCCCCCCCCC(=O)O[C@H](COC(=O)CCCCCCCCCCCCCCCCCC(C)C)COP(=O)(O)OC[C@@H](O)COP(=O)(O)OC[C@@H](COC(=O)CCCCCCC)OC(=O)CCCCCCCCCCC(C)CC. The Hall–Kier alpha value is -1.94. The molecule has 0 rings (SSSR count). The van der Waals surface area contributed by atoms with E-state index in [9.17, 15) is 43.2 Å². The minimum absolute atomic E-state index is 0.104. The van der Waals surface area contributed by atoms with E-state index < -0.39 is 97.5 Å². The summed E-state index contributed by atoms with van der Waals surface area (Å²) in [5.74, 6) is -0.553. The van der Waals surface area contributed by atoms with Gasteiger partial charge < -0.3 is 33.8 Å². The molecule has 0 bridgehead atoms. The second-order valence-corrected chi connectivity index (χ2v) is 30.7. The molecule has 3 unspecified atom stereocenters. The number of hydrogen-bond acceptors (Lipinski definition) is 15. The van der Waals surface area contributed by atoms with E-state index in [-0.39, 0.29) is 25.7 Å². The molecule has 94 heavy (non-hydrogen) atoms. The summed E-state index contributed by atoms with van der Waals surface area (Å²) < 4.78 is 68.3. The van der Waals surface area contributed by atoms with E-state index in [1.54, 1.807) is 0 Å². The van der Waals surface area contributed by atoms with Gasteiger partial charge in [-0.2, -0.15) is 0 Å². The number of phosphoric acid groups is 2. The van der Waals surface area contributed by atoms with Gasteiger partial charge in [0.1, 0.15) is 19.3 Å². The molecule has 0 spiro atoms. The van der Waals surface area contributed by atoms with Gasteiger partial charge in [-0.3, -0.25) is 37.3 Å². The number of carbonyl (C=O) groups is 4. The molecule has 0 aliphatic carbocycles. The fourth-order valence-electron chi connectivity index (χ4n) is 11.4. The van der Waals surface area contributed by atoms with Crippen molar-refractivity contribution in [3.8, 4) is 0 Å². The van der Waals surface area contributed by atoms with Crippen molar-refractivity contribution in [2.45, 2.75) is 407 Å². The molecule has 0 saturated carbocycles. The van der Waals surface area contributed by atoms with Gasteiger partial charge in [0.05, 0.1) is 26.4 Å². The molecule has 0 aromatic rings. The summed E-state index contributed by atoms with van der Waals surface area (Å²) in [7, 11) is -9.90. The van der Waals surface area contributed by atoms with E-state index in [0.717, 1.165) is 108 Å². The molecule has 558 valence electrons. The van der Waals surface area contributed by atoms with Crippen LogP contribution >= 0.6 is 15.6 Å². The highest BCUT2D eigenvalue weighted by Crippen LogP contribution is 2.45. The number of phosphoric ester groups is 2. The van der Waals surface area contributed by atoms with Crippen LogP contribution in [0.5, 0.6) is 0 Å². The Balaban J connectivity index is 5.14. The van der Waals surface area contributed by atoms with E-state index in [4.69, 9.17) is 37.0 Å². The Morgan fingerprint density at radius 2 is 0.543 bits per heavy atom. The Morgan fingerprint density at radius 3 is 0.809 bits per heavy atom. The van der Waals surface area contributed by atoms with E-state index in [1.165, 1.54) is 199 Å². The van der Waals surface area contributed by atoms with Crippen molar-refractivity contribution in [3.05, 3.63) is 0 Å². The van der Waals surface area contributed by atoms with Crippen LogP contribution in [0.1, 0.15) is 388 Å². The van der Waals surface area contributed by atoms with Gasteiger partial charge in [-0.05, 0) is 37.5 Å². The summed E-state index contributed by atoms with van der Waals surface area (Å²) in [6, 6.07) is 0. The van der Waals surface area contributed by atoms with Crippen molar-refractivity contribution in [1.82, 2.24) is 0 Å². The molecule has 0 radical (unpaired) electrons. The highest BCUT2D eigenvalue weighted by Gasteiger charge is 2.30. The van der Waals surface area contributed by atoms with Gasteiger partial charge in [0, 0.05) is 25.7 Å². The topological polar surface area (TPSA) is 237 Å². The number of esters is 4. The summed E-state index contributed by atoms with van der Waals surface area (Å²) in [6.45, 7) is 9.52. The van der Waals surface area contributed by atoms with Crippen molar-refractivity contribution in [2.24, 2.45) is 11.8 Å². The second-order valence-electron chi connectivity index (χ2n) is 27.8. The number of hydrogen-bond donors (Lipinski definition) is 3. The van der Waals surface area contributed by atoms with Gasteiger partial charge in [-0.25, -0.2) is 9.13 Å².